The minimum Gasteiger partial charge on any atom is -0.504 e. The molecule has 106 valence electrons. The summed E-state index contributed by atoms with van der Waals surface area (Å²) in [5, 5.41) is 13.4. The number of ether oxygens (including phenoxy) is 1. The third-order valence-corrected chi connectivity index (χ3v) is 3.96. The molecule has 0 aliphatic carbocycles. The fourth-order valence-electron chi connectivity index (χ4n) is 1.81. The number of phenolic OH excluding ortho intramolecular Hbond substituents is 1. The third-order valence-electron chi connectivity index (χ3n) is 2.78. The van der Waals surface area contributed by atoms with E-state index in [1.165, 1.54) is 0 Å². The van der Waals surface area contributed by atoms with Gasteiger partial charge in [0.05, 0.1) is 6.61 Å². The molecular formula is C15H15Br2NO2. The lowest BCUT2D eigenvalue weighted by Gasteiger charge is -2.12. The van der Waals surface area contributed by atoms with Gasteiger partial charge in [-0.25, -0.2) is 0 Å². The molecule has 2 N–H and O–H groups in total. The van der Waals surface area contributed by atoms with Gasteiger partial charge in [0.1, 0.15) is 0 Å². The predicted molar refractivity (Wildman–Crippen MR) is 88.4 cm³/mol. The van der Waals surface area contributed by atoms with Gasteiger partial charge in [0.15, 0.2) is 11.5 Å². The Morgan fingerprint density at radius 1 is 1.20 bits per heavy atom. The predicted octanol–water partition coefficient (Wildman–Crippen LogP) is 4.93. The number of hydrogen-bond donors (Lipinski definition) is 2. The van der Waals surface area contributed by atoms with Gasteiger partial charge in [-0.1, -0.05) is 28.1 Å². The van der Waals surface area contributed by atoms with Crippen LogP contribution in [0.2, 0.25) is 0 Å². The fraction of sp³-hybridized carbons (Fsp3) is 0.200. The maximum Gasteiger partial charge on any atom is 0.162 e. The van der Waals surface area contributed by atoms with E-state index in [2.05, 4.69) is 37.2 Å². The number of hydrogen-bond acceptors (Lipinski definition) is 3. The molecule has 0 amide bonds. The highest BCUT2D eigenvalue weighted by molar-refractivity contribution is 9.11. The quantitative estimate of drug-likeness (QED) is 0.747. The van der Waals surface area contributed by atoms with E-state index in [0.29, 0.717) is 18.9 Å². The number of halogens is 2. The second kappa shape index (κ2) is 6.99. The first kappa shape index (κ1) is 15.2. The molecule has 0 unspecified atom stereocenters. The molecule has 2 aromatic rings. The Balaban J connectivity index is 2.14. The number of para-hydroxylation sites is 1. The minimum atomic E-state index is 0.188. The molecular weight excluding hydrogens is 386 g/mol. The van der Waals surface area contributed by atoms with Crippen LogP contribution in [-0.2, 0) is 6.54 Å². The Bertz CT molecular complexity index is 602. The number of phenols is 1. The molecule has 3 nitrogen and oxygen atoms in total. The smallest absolute Gasteiger partial charge is 0.162 e. The van der Waals surface area contributed by atoms with Crippen molar-refractivity contribution in [3.8, 4) is 11.5 Å². The van der Waals surface area contributed by atoms with Crippen molar-refractivity contribution in [2.24, 2.45) is 0 Å². The highest BCUT2D eigenvalue weighted by Crippen LogP contribution is 2.31. The summed E-state index contributed by atoms with van der Waals surface area (Å²) in [5.74, 6) is 0.702. The van der Waals surface area contributed by atoms with Crippen LogP contribution < -0.4 is 10.1 Å². The van der Waals surface area contributed by atoms with E-state index >= 15 is 0 Å². The van der Waals surface area contributed by atoms with Gasteiger partial charge in [-0.05, 0) is 47.1 Å². The number of anilines is 1. The molecule has 0 saturated heterocycles. The van der Waals surface area contributed by atoms with Crippen molar-refractivity contribution >= 4 is 37.5 Å². The van der Waals surface area contributed by atoms with E-state index in [0.717, 1.165) is 20.2 Å². The Labute approximate surface area is 135 Å². The first-order valence-electron chi connectivity index (χ1n) is 6.24. The van der Waals surface area contributed by atoms with Gasteiger partial charge in [-0.2, -0.15) is 0 Å². The number of aromatic hydroxyl groups is 1. The van der Waals surface area contributed by atoms with Gasteiger partial charge < -0.3 is 15.2 Å². The van der Waals surface area contributed by atoms with Crippen molar-refractivity contribution in [2.45, 2.75) is 13.5 Å². The molecule has 0 spiro atoms. The molecule has 0 atom stereocenters. The van der Waals surface area contributed by atoms with Crippen LogP contribution in [0.4, 0.5) is 5.69 Å². The normalized spacial score (nSPS) is 10.3. The number of benzene rings is 2. The zero-order chi connectivity index (χ0) is 14.5. The van der Waals surface area contributed by atoms with E-state index in [1.54, 1.807) is 6.07 Å². The van der Waals surface area contributed by atoms with Crippen LogP contribution >= 0.6 is 31.9 Å². The average Bonchev–Trinajstić information content (AvgIpc) is 2.43. The Hall–Kier alpha value is -1.20. The first-order valence-corrected chi connectivity index (χ1v) is 7.83. The molecule has 2 rings (SSSR count). The van der Waals surface area contributed by atoms with Gasteiger partial charge in [-0.3, -0.25) is 0 Å². The van der Waals surface area contributed by atoms with Crippen LogP contribution in [0, 0.1) is 0 Å². The topological polar surface area (TPSA) is 41.5 Å². The molecule has 0 bridgehead atoms. The van der Waals surface area contributed by atoms with Crippen molar-refractivity contribution in [2.75, 3.05) is 11.9 Å². The molecule has 0 radical (unpaired) electrons. The van der Waals surface area contributed by atoms with Gasteiger partial charge in [0, 0.05) is 26.7 Å². The van der Waals surface area contributed by atoms with Crippen LogP contribution in [0.5, 0.6) is 11.5 Å². The summed E-state index contributed by atoms with van der Waals surface area (Å²) in [5.41, 5.74) is 1.75. The second-order valence-electron chi connectivity index (χ2n) is 4.17. The van der Waals surface area contributed by atoms with Crippen LogP contribution in [-0.4, -0.2) is 11.7 Å². The van der Waals surface area contributed by atoms with Gasteiger partial charge in [0.25, 0.3) is 0 Å². The molecule has 5 heteroatoms. The summed E-state index contributed by atoms with van der Waals surface area (Å²) >= 11 is 6.93. The maximum absolute atomic E-state index is 10.1. The first-order chi connectivity index (χ1) is 9.61. The summed E-state index contributed by atoms with van der Waals surface area (Å²) < 4.78 is 7.35. The minimum absolute atomic E-state index is 0.188. The van der Waals surface area contributed by atoms with Crippen LogP contribution in [0.15, 0.2) is 45.3 Å². The van der Waals surface area contributed by atoms with Crippen molar-refractivity contribution in [1.29, 1.82) is 0 Å². The molecule has 0 fully saturated rings. The Morgan fingerprint density at radius 2 is 2.00 bits per heavy atom. The lowest BCUT2D eigenvalue weighted by Crippen LogP contribution is -2.01. The third kappa shape index (κ3) is 3.67. The summed E-state index contributed by atoms with van der Waals surface area (Å²) in [4.78, 5) is 0. The molecule has 0 aliphatic heterocycles. The Kier molecular flexibility index (Phi) is 5.31. The van der Waals surface area contributed by atoms with Crippen molar-refractivity contribution in [3.63, 3.8) is 0 Å². The summed E-state index contributed by atoms with van der Waals surface area (Å²) in [7, 11) is 0. The van der Waals surface area contributed by atoms with Crippen molar-refractivity contribution in [1.82, 2.24) is 0 Å². The van der Waals surface area contributed by atoms with Gasteiger partial charge in [-0.15, -0.1) is 0 Å². The zero-order valence-electron chi connectivity index (χ0n) is 11.0. The van der Waals surface area contributed by atoms with Crippen LogP contribution in [0.1, 0.15) is 12.5 Å². The monoisotopic (exact) mass is 399 g/mol. The molecule has 0 aliphatic rings. The maximum atomic E-state index is 10.1. The highest BCUT2D eigenvalue weighted by atomic mass is 79.9. The van der Waals surface area contributed by atoms with Crippen LogP contribution in [0.3, 0.4) is 0 Å². The lowest BCUT2D eigenvalue weighted by molar-refractivity contribution is 0.317. The summed E-state index contributed by atoms with van der Waals surface area (Å²) in [6.07, 6.45) is 0. The van der Waals surface area contributed by atoms with Crippen molar-refractivity contribution in [3.05, 3.63) is 50.9 Å². The van der Waals surface area contributed by atoms with E-state index in [1.807, 2.05) is 37.3 Å². The van der Waals surface area contributed by atoms with E-state index < -0.39 is 0 Å². The number of nitrogens with one attached hydrogen (secondary N) is 1. The SMILES string of the molecule is CCOc1cccc(CNc2cc(Br)ccc2Br)c1O. The average molecular weight is 401 g/mol. The van der Waals surface area contributed by atoms with Gasteiger partial charge >= 0.3 is 0 Å². The standard InChI is InChI=1S/C15H15Br2NO2/c1-2-20-14-5-3-4-10(15(14)19)9-18-13-8-11(16)6-7-12(13)17/h3-8,18-19H,2,9H2,1H3. The van der Waals surface area contributed by atoms with E-state index in [4.69, 9.17) is 4.74 Å². The summed E-state index contributed by atoms with van der Waals surface area (Å²) in [6, 6.07) is 11.4. The molecule has 0 heterocycles. The van der Waals surface area contributed by atoms with E-state index in [9.17, 15) is 5.11 Å². The number of rotatable bonds is 5. The lowest BCUT2D eigenvalue weighted by atomic mass is 10.2. The zero-order valence-corrected chi connectivity index (χ0v) is 14.2. The molecule has 0 saturated carbocycles. The molecule has 0 aromatic heterocycles. The highest BCUT2D eigenvalue weighted by Gasteiger charge is 2.08. The second-order valence-corrected chi connectivity index (χ2v) is 5.94. The fourth-order valence-corrected chi connectivity index (χ4v) is 2.55. The van der Waals surface area contributed by atoms with Crippen molar-refractivity contribution < 1.29 is 9.84 Å². The summed E-state index contributed by atoms with van der Waals surface area (Å²) in [6.45, 7) is 2.94. The molecule has 20 heavy (non-hydrogen) atoms. The van der Waals surface area contributed by atoms with Crippen LogP contribution in [0.25, 0.3) is 0 Å². The molecule has 2 aromatic carbocycles. The van der Waals surface area contributed by atoms with Gasteiger partial charge in [0.2, 0.25) is 0 Å². The van der Waals surface area contributed by atoms with E-state index in [-0.39, 0.29) is 5.75 Å². The Morgan fingerprint density at radius 3 is 2.75 bits per heavy atom. The largest absolute Gasteiger partial charge is 0.504 e.